The molecule has 0 amide bonds. The summed E-state index contributed by atoms with van der Waals surface area (Å²) < 4.78 is 1.06. The highest BCUT2D eigenvalue weighted by Crippen LogP contribution is 2.39. The molecule has 2 nitrogen and oxygen atoms in total. The quantitative estimate of drug-likeness (QED) is 0.768. The lowest BCUT2D eigenvalue weighted by Crippen LogP contribution is -2.36. The number of nitrogens with zero attached hydrogens (tertiary/aromatic N) is 1. The molecule has 1 aliphatic carbocycles. The topological polar surface area (TPSA) is 35.8 Å². The number of anilines is 1. The van der Waals surface area contributed by atoms with Crippen LogP contribution in [-0.2, 0) is 0 Å². The maximum absolute atomic E-state index is 9.63. The summed E-state index contributed by atoms with van der Waals surface area (Å²) in [5.41, 5.74) is 0.992. The fourth-order valence-electron chi connectivity index (χ4n) is 2.74. The van der Waals surface area contributed by atoms with Gasteiger partial charge >= 0.3 is 0 Å². The van der Waals surface area contributed by atoms with Gasteiger partial charge in [0.15, 0.2) is 0 Å². The number of halogens is 1. The Kier molecular flexibility index (Phi) is 4.20. The second kappa shape index (κ2) is 5.54. The van der Waals surface area contributed by atoms with Crippen molar-refractivity contribution >= 4 is 21.6 Å². The van der Waals surface area contributed by atoms with Crippen molar-refractivity contribution in [2.45, 2.75) is 51.5 Å². The van der Waals surface area contributed by atoms with E-state index in [2.05, 4.69) is 41.2 Å². The standard InChI is InChI=1S/C16H21BrN2/c1-15(2)8-3-9-16(12-18,11-10-15)19-14-6-4-13(17)5-7-14/h4-7,19H,3,8-11H2,1-2H3. The zero-order chi connectivity index (χ0) is 13.9. The van der Waals surface area contributed by atoms with Crippen LogP contribution in [0.1, 0.15) is 46.0 Å². The lowest BCUT2D eigenvalue weighted by molar-refractivity contribution is 0.310. The van der Waals surface area contributed by atoms with Crippen molar-refractivity contribution in [2.75, 3.05) is 5.32 Å². The fourth-order valence-corrected chi connectivity index (χ4v) is 3.01. The van der Waals surface area contributed by atoms with E-state index >= 15 is 0 Å². The van der Waals surface area contributed by atoms with Crippen LogP contribution in [0, 0.1) is 16.7 Å². The summed E-state index contributed by atoms with van der Waals surface area (Å²) in [4.78, 5) is 0. The zero-order valence-corrected chi connectivity index (χ0v) is 13.3. The van der Waals surface area contributed by atoms with Crippen LogP contribution < -0.4 is 5.32 Å². The van der Waals surface area contributed by atoms with Crippen LogP contribution in [0.15, 0.2) is 28.7 Å². The van der Waals surface area contributed by atoms with Gasteiger partial charge in [-0.3, -0.25) is 0 Å². The molecule has 1 saturated carbocycles. The third kappa shape index (κ3) is 3.73. The summed E-state index contributed by atoms with van der Waals surface area (Å²) in [7, 11) is 0. The van der Waals surface area contributed by atoms with Crippen molar-refractivity contribution in [1.82, 2.24) is 0 Å². The minimum absolute atomic E-state index is 0.361. The normalized spacial score (nSPS) is 26.2. The molecule has 102 valence electrons. The molecule has 0 spiro atoms. The van der Waals surface area contributed by atoms with Gasteiger partial charge in [-0.05, 0) is 61.8 Å². The van der Waals surface area contributed by atoms with Gasteiger partial charge in [-0.25, -0.2) is 0 Å². The summed E-state index contributed by atoms with van der Waals surface area (Å²) in [6.45, 7) is 4.61. The molecule has 2 rings (SSSR count). The molecule has 0 heterocycles. The average molecular weight is 321 g/mol. The van der Waals surface area contributed by atoms with Crippen molar-refractivity contribution < 1.29 is 0 Å². The molecular weight excluding hydrogens is 300 g/mol. The van der Waals surface area contributed by atoms with Gasteiger partial charge in [0.25, 0.3) is 0 Å². The van der Waals surface area contributed by atoms with Crippen LogP contribution in [0.2, 0.25) is 0 Å². The first kappa shape index (κ1) is 14.4. The molecule has 1 N–H and O–H groups in total. The molecule has 0 saturated heterocycles. The Morgan fingerprint density at radius 1 is 1.11 bits per heavy atom. The number of hydrogen-bond acceptors (Lipinski definition) is 2. The monoisotopic (exact) mass is 320 g/mol. The van der Waals surface area contributed by atoms with E-state index in [4.69, 9.17) is 0 Å². The van der Waals surface area contributed by atoms with Crippen molar-refractivity contribution in [1.29, 1.82) is 5.26 Å². The summed E-state index contributed by atoms with van der Waals surface area (Å²) in [6.07, 6.45) is 5.28. The highest BCUT2D eigenvalue weighted by atomic mass is 79.9. The fraction of sp³-hybridized carbons (Fsp3) is 0.562. The molecule has 1 aromatic carbocycles. The summed E-state index contributed by atoms with van der Waals surface area (Å²) in [5.74, 6) is 0. The number of hydrogen-bond donors (Lipinski definition) is 1. The SMILES string of the molecule is CC1(C)CCCC(C#N)(Nc2ccc(Br)cc2)CC1. The number of benzene rings is 1. The Morgan fingerprint density at radius 2 is 1.79 bits per heavy atom. The highest BCUT2D eigenvalue weighted by molar-refractivity contribution is 9.10. The van der Waals surface area contributed by atoms with E-state index in [-0.39, 0.29) is 0 Å². The first-order chi connectivity index (χ1) is 8.95. The molecule has 0 aromatic heterocycles. The van der Waals surface area contributed by atoms with Gasteiger partial charge in [0.05, 0.1) is 6.07 Å². The second-order valence-electron chi connectivity index (χ2n) is 6.34. The largest absolute Gasteiger partial charge is 0.367 e. The third-order valence-electron chi connectivity index (χ3n) is 4.13. The van der Waals surface area contributed by atoms with Crippen molar-refractivity contribution in [3.63, 3.8) is 0 Å². The first-order valence-corrected chi connectivity index (χ1v) is 7.69. The molecule has 19 heavy (non-hydrogen) atoms. The van der Waals surface area contributed by atoms with Gasteiger partial charge in [-0.1, -0.05) is 29.8 Å². The molecule has 0 bridgehead atoms. The molecule has 1 fully saturated rings. The molecular formula is C16H21BrN2. The van der Waals surface area contributed by atoms with Crippen LogP contribution in [0.3, 0.4) is 0 Å². The minimum atomic E-state index is -0.401. The van der Waals surface area contributed by atoms with Crippen LogP contribution in [0.25, 0.3) is 0 Å². The van der Waals surface area contributed by atoms with E-state index < -0.39 is 5.54 Å². The van der Waals surface area contributed by atoms with Gasteiger partial charge < -0.3 is 5.32 Å². The summed E-state index contributed by atoms with van der Waals surface area (Å²) >= 11 is 3.44. The van der Waals surface area contributed by atoms with Crippen molar-refractivity contribution in [3.05, 3.63) is 28.7 Å². The van der Waals surface area contributed by atoms with E-state index in [1.54, 1.807) is 0 Å². The first-order valence-electron chi connectivity index (χ1n) is 6.90. The summed E-state index contributed by atoms with van der Waals surface area (Å²) in [5, 5.41) is 13.1. The van der Waals surface area contributed by atoms with Gasteiger partial charge in [0.1, 0.15) is 5.54 Å². The minimum Gasteiger partial charge on any atom is -0.367 e. The van der Waals surface area contributed by atoms with E-state index in [1.165, 1.54) is 6.42 Å². The predicted molar refractivity (Wildman–Crippen MR) is 83.0 cm³/mol. The maximum atomic E-state index is 9.63. The molecule has 1 aliphatic rings. The summed E-state index contributed by atoms with van der Waals surface area (Å²) in [6, 6.07) is 10.6. The van der Waals surface area contributed by atoms with E-state index in [9.17, 15) is 5.26 Å². The lowest BCUT2D eigenvalue weighted by atomic mass is 9.84. The number of rotatable bonds is 2. The Balaban J connectivity index is 2.15. The zero-order valence-electron chi connectivity index (χ0n) is 11.7. The molecule has 1 atom stereocenters. The second-order valence-corrected chi connectivity index (χ2v) is 7.26. The van der Waals surface area contributed by atoms with Crippen molar-refractivity contribution in [3.8, 4) is 6.07 Å². The van der Waals surface area contributed by atoms with Gasteiger partial charge in [-0.2, -0.15) is 5.26 Å². The van der Waals surface area contributed by atoms with Crippen LogP contribution in [0.5, 0.6) is 0 Å². The van der Waals surface area contributed by atoms with Gasteiger partial charge in [-0.15, -0.1) is 0 Å². The Labute approximate surface area is 124 Å². The molecule has 1 unspecified atom stereocenters. The van der Waals surface area contributed by atoms with Gasteiger partial charge in [0.2, 0.25) is 0 Å². The Hall–Kier alpha value is -1.01. The Bertz CT molecular complexity index is 473. The Morgan fingerprint density at radius 3 is 2.42 bits per heavy atom. The van der Waals surface area contributed by atoms with E-state index in [0.29, 0.717) is 5.41 Å². The van der Waals surface area contributed by atoms with Crippen LogP contribution >= 0.6 is 15.9 Å². The predicted octanol–water partition coefficient (Wildman–Crippen LogP) is 5.11. The molecule has 3 heteroatoms. The average Bonchev–Trinajstić information content (AvgIpc) is 2.52. The molecule has 0 aliphatic heterocycles. The van der Waals surface area contributed by atoms with Crippen LogP contribution in [-0.4, -0.2) is 5.54 Å². The third-order valence-corrected chi connectivity index (χ3v) is 4.66. The number of nitriles is 1. The van der Waals surface area contributed by atoms with Crippen LogP contribution in [0.4, 0.5) is 5.69 Å². The van der Waals surface area contributed by atoms with Gasteiger partial charge in [0, 0.05) is 10.2 Å². The lowest BCUT2D eigenvalue weighted by Gasteiger charge is -2.28. The van der Waals surface area contributed by atoms with Crippen molar-refractivity contribution in [2.24, 2.45) is 5.41 Å². The number of nitrogens with one attached hydrogen (secondary N) is 1. The molecule has 0 radical (unpaired) electrons. The highest BCUT2D eigenvalue weighted by Gasteiger charge is 2.35. The van der Waals surface area contributed by atoms with E-state index in [1.807, 2.05) is 24.3 Å². The molecule has 1 aromatic rings. The maximum Gasteiger partial charge on any atom is 0.125 e. The smallest absolute Gasteiger partial charge is 0.125 e. The van der Waals surface area contributed by atoms with E-state index in [0.717, 1.165) is 35.8 Å².